The summed E-state index contributed by atoms with van der Waals surface area (Å²) in [6, 6.07) is 8.00. The van der Waals surface area contributed by atoms with Gasteiger partial charge in [0.15, 0.2) is 0 Å². The largest absolute Gasteiger partial charge is 0.325 e. The zero-order valence-corrected chi connectivity index (χ0v) is 12.8. The third-order valence-electron chi connectivity index (χ3n) is 2.83. The lowest BCUT2D eigenvalue weighted by Crippen LogP contribution is -2.23. The smallest absolute Gasteiger partial charge is 0.237 e. The molecule has 1 aliphatic rings. The predicted octanol–water partition coefficient (Wildman–Crippen LogP) is 3.41. The van der Waals surface area contributed by atoms with Gasteiger partial charge in [0.1, 0.15) is 4.38 Å². The van der Waals surface area contributed by atoms with Crippen LogP contribution in [0.15, 0.2) is 29.3 Å². The topological polar surface area (TPSA) is 41.5 Å². The van der Waals surface area contributed by atoms with Crippen molar-refractivity contribution in [1.82, 2.24) is 0 Å². The number of carbonyl (C=O) groups is 1. The second kappa shape index (κ2) is 7.01. The molecule has 19 heavy (non-hydrogen) atoms. The number of thioether (sulfide) groups is 2. The van der Waals surface area contributed by atoms with Gasteiger partial charge >= 0.3 is 0 Å². The third-order valence-corrected chi connectivity index (χ3v) is 5.14. The lowest BCUT2D eigenvalue weighted by molar-refractivity contribution is -0.115. The summed E-state index contributed by atoms with van der Waals surface area (Å²) in [7, 11) is 0. The molecule has 1 aliphatic heterocycles. The number of hydrogen-bond donors (Lipinski definition) is 1. The van der Waals surface area contributed by atoms with Crippen LogP contribution in [-0.4, -0.2) is 27.8 Å². The van der Waals surface area contributed by atoms with E-state index in [1.165, 1.54) is 5.56 Å². The van der Waals surface area contributed by atoms with E-state index in [1.807, 2.05) is 31.2 Å². The Bertz CT molecular complexity index is 471. The molecule has 0 spiro atoms. The Balaban J connectivity index is 1.88. The van der Waals surface area contributed by atoms with Gasteiger partial charge in [0.05, 0.1) is 11.8 Å². The molecule has 1 heterocycles. The van der Waals surface area contributed by atoms with Crippen LogP contribution >= 0.6 is 23.5 Å². The Labute approximate surface area is 122 Å². The summed E-state index contributed by atoms with van der Waals surface area (Å²) < 4.78 is 1.03. The van der Waals surface area contributed by atoms with Crippen molar-refractivity contribution in [3.8, 4) is 0 Å². The fourth-order valence-electron chi connectivity index (χ4n) is 1.66. The highest BCUT2D eigenvalue weighted by Gasteiger charge is 2.18. The van der Waals surface area contributed by atoms with E-state index >= 15 is 0 Å². The fourth-order valence-corrected chi connectivity index (χ4v) is 3.79. The minimum absolute atomic E-state index is 0.0319. The number of carbonyl (C=O) groups excluding carboxylic acids is 1. The molecule has 0 saturated carbocycles. The zero-order chi connectivity index (χ0) is 13.7. The van der Waals surface area contributed by atoms with Crippen molar-refractivity contribution in [1.29, 1.82) is 0 Å². The van der Waals surface area contributed by atoms with E-state index in [2.05, 4.69) is 17.2 Å². The summed E-state index contributed by atoms with van der Waals surface area (Å²) in [4.78, 5) is 16.4. The average molecular weight is 294 g/mol. The number of benzene rings is 1. The average Bonchev–Trinajstić information content (AvgIpc) is 2.92. The number of hydrogen-bond acceptors (Lipinski definition) is 4. The number of nitrogens with zero attached hydrogens (tertiary/aromatic N) is 1. The molecule has 0 aromatic heterocycles. The van der Waals surface area contributed by atoms with Crippen molar-refractivity contribution in [2.24, 2.45) is 4.99 Å². The summed E-state index contributed by atoms with van der Waals surface area (Å²) in [5.74, 6) is 1.07. The molecule has 0 fully saturated rings. The van der Waals surface area contributed by atoms with Crippen molar-refractivity contribution < 1.29 is 4.79 Å². The molecule has 1 aromatic carbocycles. The minimum atomic E-state index is -0.116. The standard InChI is InChI=1S/C14H18N2OS2/c1-3-11-4-6-12(7-5-11)16-13(17)10(2)19-14-15-8-9-18-14/h4-7,10H,3,8-9H2,1-2H3,(H,16,17)/t10-/m1/s1. The van der Waals surface area contributed by atoms with E-state index < -0.39 is 0 Å². The molecule has 1 atom stereocenters. The second-order valence-electron chi connectivity index (χ2n) is 4.30. The first kappa shape index (κ1) is 14.5. The Kier molecular flexibility index (Phi) is 5.34. The molecular formula is C14H18N2OS2. The van der Waals surface area contributed by atoms with Gasteiger partial charge in [0.2, 0.25) is 5.91 Å². The first-order chi connectivity index (χ1) is 9.19. The van der Waals surface area contributed by atoms with Crippen LogP contribution in [0.25, 0.3) is 0 Å². The first-order valence-electron chi connectivity index (χ1n) is 6.42. The number of aryl methyl sites for hydroxylation is 1. The van der Waals surface area contributed by atoms with Crippen molar-refractivity contribution in [2.45, 2.75) is 25.5 Å². The molecule has 102 valence electrons. The quantitative estimate of drug-likeness (QED) is 0.925. The molecule has 1 amide bonds. The number of anilines is 1. The Morgan fingerprint density at radius 2 is 2.21 bits per heavy atom. The van der Waals surface area contributed by atoms with Crippen molar-refractivity contribution in [3.05, 3.63) is 29.8 Å². The number of nitrogens with one attached hydrogen (secondary N) is 1. The molecule has 0 unspecified atom stereocenters. The molecule has 0 saturated heterocycles. The lowest BCUT2D eigenvalue weighted by Gasteiger charge is -2.11. The summed E-state index contributed by atoms with van der Waals surface area (Å²) in [5, 5.41) is 2.83. The molecule has 3 nitrogen and oxygen atoms in total. The maximum absolute atomic E-state index is 12.1. The monoisotopic (exact) mass is 294 g/mol. The lowest BCUT2D eigenvalue weighted by atomic mass is 10.1. The van der Waals surface area contributed by atoms with Gasteiger partial charge in [-0.3, -0.25) is 9.79 Å². The Morgan fingerprint density at radius 3 is 2.79 bits per heavy atom. The van der Waals surface area contributed by atoms with E-state index in [0.29, 0.717) is 0 Å². The SMILES string of the molecule is CCc1ccc(NC(=O)[C@@H](C)SC2=NCCS2)cc1. The normalized spacial score (nSPS) is 16.0. The van der Waals surface area contributed by atoms with Gasteiger partial charge < -0.3 is 5.32 Å². The van der Waals surface area contributed by atoms with Gasteiger partial charge in [-0.25, -0.2) is 0 Å². The number of amides is 1. The van der Waals surface area contributed by atoms with Crippen LogP contribution in [0.4, 0.5) is 5.69 Å². The maximum atomic E-state index is 12.1. The summed E-state index contributed by atoms with van der Waals surface area (Å²) in [6.45, 7) is 4.91. The molecular weight excluding hydrogens is 276 g/mol. The highest BCUT2D eigenvalue weighted by Crippen LogP contribution is 2.26. The molecule has 5 heteroatoms. The fraction of sp³-hybridized carbons (Fsp3) is 0.429. The molecule has 2 rings (SSSR count). The molecule has 1 N–H and O–H groups in total. The Morgan fingerprint density at radius 1 is 1.47 bits per heavy atom. The highest BCUT2D eigenvalue weighted by atomic mass is 32.2. The van der Waals surface area contributed by atoms with Gasteiger partial charge in [-0.1, -0.05) is 42.6 Å². The van der Waals surface area contributed by atoms with Crippen LogP contribution in [0.3, 0.4) is 0 Å². The number of rotatable bonds is 4. The molecule has 0 radical (unpaired) electrons. The predicted molar refractivity (Wildman–Crippen MR) is 86.3 cm³/mol. The summed E-state index contributed by atoms with van der Waals surface area (Å²) in [6.07, 6.45) is 1.01. The van der Waals surface area contributed by atoms with Crippen LogP contribution in [0.1, 0.15) is 19.4 Å². The number of aliphatic imine (C=N–C) groups is 1. The van der Waals surface area contributed by atoms with Crippen LogP contribution in [0.2, 0.25) is 0 Å². The molecule has 0 aliphatic carbocycles. The van der Waals surface area contributed by atoms with Gasteiger partial charge in [-0.2, -0.15) is 0 Å². The van der Waals surface area contributed by atoms with Crippen LogP contribution in [-0.2, 0) is 11.2 Å². The van der Waals surface area contributed by atoms with Crippen LogP contribution in [0.5, 0.6) is 0 Å². The summed E-state index contributed by atoms with van der Waals surface area (Å²) in [5.41, 5.74) is 2.13. The van der Waals surface area contributed by atoms with E-state index in [-0.39, 0.29) is 11.2 Å². The van der Waals surface area contributed by atoms with Crippen LogP contribution < -0.4 is 5.32 Å². The van der Waals surface area contributed by atoms with Gasteiger partial charge in [0.25, 0.3) is 0 Å². The highest BCUT2D eigenvalue weighted by molar-refractivity contribution is 8.39. The second-order valence-corrected chi connectivity index (χ2v) is 6.97. The van der Waals surface area contributed by atoms with E-state index in [9.17, 15) is 4.79 Å². The van der Waals surface area contributed by atoms with Crippen molar-refractivity contribution in [3.63, 3.8) is 0 Å². The van der Waals surface area contributed by atoms with E-state index in [4.69, 9.17) is 0 Å². The van der Waals surface area contributed by atoms with Gasteiger partial charge in [-0.15, -0.1) is 0 Å². The molecule has 0 bridgehead atoms. The maximum Gasteiger partial charge on any atom is 0.237 e. The first-order valence-corrected chi connectivity index (χ1v) is 8.29. The third kappa shape index (κ3) is 4.28. The minimum Gasteiger partial charge on any atom is -0.325 e. The van der Waals surface area contributed by atoms with E-state index in [1.54, 1.807) is 23.5 Å². The van der Waals surface area contributed by atoms with Crippen molar-refractivity contribution >= 4 is 39.5 Å². The van der Waals surface area contributed by atoms with Crippen LogP contribution in [0, 0.1) is 0 Å². The Hall–Kier alpha value is -0.940. The zero-order valence-electron chi connectivity index (χ0n) is 11.2. The van der Waals surface area contributed by atoms with E-state index in [0.717, 1.165) is 28.8 Å². The molecule has 1 aromatic rings. The van der Waals surface area contributed by atoms with Gasteiger partial charge in [-0.05, 0) is 31.0 Å². The van der Waals surface area contributed by atoms with Crippen molar-refractivity contribution in [2.75, 3.05) is 17.6 Å². The van der Waals surface area contributed by atoms with Gasteiger partial charge in [0, 0.05) is 11.4 Å². The summed E-state index contributed by atoms with van der Waals surface area (Å²) >= 11 is 3.28.